The SMILES string of the molecule is CC.CC1(C)c2cc(Br)c(C=O)cc2C(C)(C)C1(C)C. The van der Waals surface area contributed by atoms with E-state index in [1.165, 1.54) is 11.1 Å². The standard InChI is InChI=1S/C16H21BrO.C2H6/c1-14(2)11-7-10(9-18)13(17)8-12(11)15(3,4)16(14,5)6;1-2/h7-9H,1-6H3;1-2H3. The Balaban J connectivity index is 0.000000956. The Morgan fingerprint density at radius 3 is 1.70 bits per heavy atom. The van der Waals surface area contributed by atoms with Crippen molar-refractivity contribution in [3.8, 4) is 0 Å². The number of carbonyl (C=O) groups is 1. The van der Waals surface area contributed by atoms with Gasteiger partial charge in [-0.2, -0.15) is 0 Å². The number of fused-ring (bicyclic) bond motifs is 1. The molecular formula is C18H27BrO. The summed E-state index contributed by atoms with van der Waals surface area (Å²) in [4.78, 5) is 11.1. The Kier molecular flexibility index (Phi) is 4.61. The minimum absolute atomic E-state index is 0.0598. The third-order valence-electron chi connectivity index (χ3n) is 5.74. The summed E-state index contributed by atoms with van der Waals surface area (Å²) in [5.41, 5.74) is 3.71. The third kappa shape index (κ3) is 2.07. The molecule has 0 unspecified atom stereocenters. The fourth-order valence-corrected chi connectivity index (χ4v) is 3.61. The fourth-order valence-electron chi connectivity index (χ4n) is 3.17. The van der Waals surface area contributed by atoms with Crippen LogP contribution in [0.3, 0.4) is 0 Å². The average molecular weight is 339 g/mol. The van der Waals surface area contributed by atoms with Crippen LogP contribution in [-0.2, 0) is 10.8 Å². The normalized spacial score (nSPS) is 20.6. The Bertz CT molecular complexity index is 524. The minimum Gasteiger partial charge on any atom is -0.298 e. The Morgan fingerprint density at radius 1 is 0.900 bits per heavy atom. The highest BCUT2D eigenvalue weighted by Gasteiger charge is 2.56. The van der Waals surface area contributed by atoms with Crippen molar-refractivity contribution in [2.24, 2.45) is 5.41 Å². The Morgan fingerprint density at radius 2 is 1.30 bits per heavy atom. The van der Waals surface area contributed by atoms with Gasteiger partial charge in [-0.1, -0.05) is 71.3 Å². The van der Waals surface area contributed by atoms with Crippen molar-refractivity contribution in [1.82, 2.24) is 0 Å². The van der Waals surface area contributed by atoms with Crippen LogP contribution < -0.4 is 0 Å². The van der Waals surface area contributed by atoms with Gasteiger partial charge in [0.15, 0.2) is 6.29 Å². The summed E-state index contributed by atoms with van der Waals surface area (Å²) in [6, 6.07) is 4.19. The van der Waals surface area contributed by atoms with Gasteiger partial charge in [0.2, 0.25) is 0 Å². The van der Waals surface area contributed by atoms with E-state index in [4.69, 9.17) is 0 Å². The number of hydrogen-bond acceptors (Lipinski definition) is 1. The summed E-state index contributed by atoms with van der Waals surface area (Å²) < 4.78 is 0.901. The Labute approximate surface area is 132 Å². The summed E-state index contributed by atoms with van der Waals surface area (Å²) in [6.07, 6.45) is 0.929. The van der Waals surface area contributed by atoms with Crippen LogP contribution in [0.15, 0.2) is 16.6 Å². The van der Waals surface area contributed by atoms with E-state index in [-0.39, 0.29) is 16.2 Å². The van der Waals surface area contributed by atoms with Crippen molar-refractivity contribution in [3.05, 3.63) is 33.3 Å². The number of carbonyl (C=O) groups excluding carboxylic acids is 1. The van der Waals surface area contributed by atoms with Crippen molar-refractivity contribution in [2.45, 2.75) is 66.2 Å². The lowest BCUT2D eigenvalue weighted by molar-refractivity contribution is 0.112. The van der Waals surface area contributed by atoms with Crippen LogP contribution in [0.4, 0.5) is 0 Å². The maximum absolute atomic E-state index is 11.1. The number of aldehydes is 1. The molecule has 1 aliphatic carbocycles. The van der Waals surface area contributed by atoms with Crippen LogP contribution in [-0.4, -0.2) is 6.29 Å². The van der Waals surface area contributed by atoms with E-state index in [0.29, 0.717) is 0 Å². The molecule has 0 N–H and O–H groups in total. The highest BCUT2D eigenvalue weighted by molar-refractivity contribution is 9.10. The van der Waals surface area contributed by atoms with Gasteiger partial charge in [-0.15, -0.1) is 0 Å². The number of halogens is 1. The predicted molar refractivity (Wildman–Crippen MR) is 90.7 cm³/mol. The topological polar surface area (TPSA) is 17.1 Å². The molecule has 1 aromatic rings. The first-order valence-electron chi connectivity index (χ1n) is 7.37. The highest BCUT2D eigenvalue weighted by atomic mass is 79.9. The molecule has 20 heavy (non-hydrogen) atoms. The van der Waals surface area contributed by atoms with Gasteiger partial charge in [-0.05, 0) is 39.5 Å². The zero-order valence-electron chi connectivity index (χ0n) is 14.0. The second-order valence-corrected chi connectivity index (χ2v) is 7.77. The zero-order valence-corrected chi connectivity index (χ0v) is 15.6. The van der Waals surface area contributed by atoms with Crippen molar-refractivity contribution in [1.29, 1.82) is 0 Å². The van der Waals surface area contributed by atoms with Gasteiger partial charge >= 0.3 is 0 Å². The van der Waals surface area contributed by atoms with E-state index >= 15 is 0 Å². The van der Waals surface area contributed by atoms with Gasteiger partial charge < -0.3 is 0 Å². The summed E-state index contributed by atoms with van der Waals surface area (Å²) in [6.45, 7) is 17.8. The van der Waals surface area contributed by atoms with Gasteiger partial charge in [-0.3, -0.25) is 4.79 Å². The molecule has 0 heterocycles. The van der Waals surface area contributed by atoms with Crippen molar-refractivity contribution < 1.29 is 4.79 Å². The third-order valence-corrected chi connectivity index (χ3v) is 6.42. The minimum atomic E-state index is 0.0598. The molecule has 0 fully saturated rings. The molecule has 0 saturated heterocycles. The maximum atomic E-state index is 11.1. The van der Waals surface area contributed by atoms with Crippen LogP contribution in [0.5, 0.6) is 0 Å². The van der Waals surface area contributed by atoms with E-state index in [2.05, 4.69) is 69.6 Å². The number of benzene rings is 1. The first-order valence-corrected chi connectivity index (χ1v) is 8.16. The lowest BCUT2D eigenvalue weighted by Crippen LogP contribution is -2.42. The monoisotopic (exact) mass is 338 g/mol. The molecule has 1 aliphatic rings. The molecule has 1 nitrogen and oxygen atoms in total. The summed E-state index contributed by atoms with van der Waals surface area (Å²) in [5.74, 6) is 0. The first-order chi connectivity index (χ1) is 9.07. The lowest BCUT2D eigenvalue weighted by Gasteiger charge is -2.44. The van der Waals surface area contributed by atoms with Crippen LogP contribution in [0.1, 0.15) is 76.9 Å². The number of hydrogen-bond donors (Lipinski definition) is 0. The van der Waals surface area contributed by atoms with Crippen molar-refractivity contribution in [3.63, 3.8) is 0 Å². The van der Waals surface area contributed by atoms with Gasteiger partial charge in [0.25, 0.3) is 0 Å². The molecule has 0 amide bonds. The quantitative estimate of drug-likeness (QED) is 0.584. The van der Waals surface area contributed by atoms with Crippen LogP contribution in [0.25, 0.3) is 0 Å². The van der Waals surface area contributed by atoms with Crippen LogP contribution >= 0.6 is 15.9 Å². The van der Waals surface area contributed by atoms with E-state index in [0.717, 1.165) is 16.3 Å². The van der Waals surface area contributed by atoms with Gasteiger partial charge in [0, 0.05) is 10.0 Å². The molecule has 2 rings (SSSR count). The molecule has 112 valence electrons. The Hall–Kier alpha value is -0.630. The van der Waals surface area contributed by atoms with E-state index in [9.17, 15) is 4.79 Å². The van der Waals surface area contributed by atoms with Crippen LogP contribution in [0, 0.1) is 5.41 Å². The smallest absolute Gasteiger partial charge is 0.151 e. The second-order valence-electron chi connectivity index (χ2n) is 6.91. The van der Waals surface area contributed by atoms with Gasteiger partial charge in [0.1, 0.15) is 0 Å². The molecule has 0 bridgehead atoms. The molecule has 2 heteroatoms. The average Bonchev–Trinajstić information content (AvgIpc) is 2.48. The molecular weight excluding hydrogens is 312 g/mol. The molecule has 0 radical (unpaired) electrons. The highest BCUT2D eigenvalue weighted by Crippen LogP contribution is 2.61. The molecule has 0 spiro atoms. The molecule has 1 aromatic carbocycles. The van der Waals surface area contributed by atoms with E-state index in [1.807, 2.05) is 13.8 Å². The van der Waals surface area contributed by atoms with Gasteiger partial charge in [0.05, 0.1) is 0 Å². The fraction of sp³-hybridized carbons (Fsp3) is 0.611. The van der Waals surface area contributed by atoms with E-state index in [1.54, 1.807) is 0 Å². The van der Waals surface area contributed by atoms with Crippen LogP contribution in [0.2, 0.25) is 0 Å². The first kappa shape index (κ1) is 17.4. The van der Waals surface area contributed by atoms with Gasteiger partial charge in [-0.25, -0.2) is 0 Å². The number of rotatable bonds is 1. The van der Waals surface area contributed by atoms with Crippen molar-refractivity contribution in [2.75, 3.05) is 0 Å². The maximum Gasteiger partial charge on any atom is 0.151 e. The van der Waals surface area contributed by atoms with Crippen molar-refractivity contribution >= 4 is 22.2 Å². The second kappa shape index (κ2) is 5.29. The molecule has 0 aliphatic heterocycles. The summed E-state index contributed by atoms with van der Waals surface area (Å²) in [5, 5.41) is 0. The van der Waals surface area contributed by atoms with E-state index < -0.39 is 0 Å². The lowest BCUT2D eigenvalue weighted by atomic mass is 9.59. The predicted octanol–water partition coefficient (Wildman–Crippen LogP) is 5.88. The molecule has 0 aromatic heterocycles. The summed E-state index contributed by atoms with van der Waals surface area (Å²) >= 11 is 3.51. The largest absolute Gasteiger partial charge is 0.298 e. The zero-order chi connectivity index (χ0) is 15.9. The molecule has 0 saturated carbocycles. The summed E-state index contributed by atoms with van der Waals surface area (Å²) in [7, 11) is 0. The molecule has 0 atom stereocenters.